The molecule has 19 heavy (non-hydrogen) atoms. The van der Waals surface area contributed by atoms with Crippen molar-refractivity contribution in [2.75, 3.05) is 6.54 Å². The number of carbonyl (C=O) groups is 2. The van der Waals surface area contributed by atoms with Gasteiger partial charge in [-0.05, 0) is 25.7 Å². The summed E-state index contributed by atoms with van der Waals surface area (Å²) in [4.78, 5) is 23.4. The average Bonchev–Trinajstić information content (AvgIpc) is 2.59. The van der Waals surface area contributed by atoms with E-state index in [-0.39, 0.29) is 17.9 Å². The first-order valence-corrected chi connectivity index (χ1v) is 7.81. The summed E-state index contributed by atoms with van der Waals surface area (Å²) in [6.07, 6.45) is 10.4. The summed E-state index contributed by atoms with van der Waals surface area (Å²) in [5.41, 5.74) is 0. The highest BCUT2D eigenvalue weighted by atomic mass is 16.2. The fraction of sp³-hybridized carbons (Fsp3) is 0.867. The molecular formula is C15H28N2O2. The maximum atomic E-state index is 11.8. The van der Waals surface area contributed by atoms with E-state index in [1.807, 2.05) is 0 Å². The van der Waals surface area contributed by atoms with E-state index in [1.54, 1.807) is 0 Å². The van der Waals surface area contributed by atoms with Gasteiger partial charge in [0.1, 0.15) is 6.04 Å². The molecule has 1 unspecified atom stereocenters. The van der Waals surface area contributed by atoms with Crippen molar-refractivity contribution in [3.8, 4) is 0 Å². The third-order valence-electron chi connectivity index (χ3n) is 3.63. The number of hydrogen-bond donors (Lipinski definition) is 2. The van der Waals surface area contributed by atoms with Crippen LogP contribution in [0.2, 0.25) is 0 Å². The molecule has 4 heteroatoms. The van der Waals surface area contributed by atoms with E-state index in [2.05, 4.69) is 17.6 Å². The molecule has 0 saturated carbocycles. The zero-order valence-electron chi connectivity index (χ0n) is 12.2. The summed E-state index contributed by atoms with van der Waals surface area (Å²) in [5, 5.41) is 5.70. The van der Waals surface area contributed by atoms with Gasteiger partial charge in [-0.15, -0.1) is 0 Å². The molecule has 1 aliphatic rings. The molecule has 0 spiro atoms. The van der Waals surface area contributed by atoms with Crippen molar-refractivity contribution in [2.45, 2.75) is 77.2 Å². The Kier molecular flexibility index (Phi) is 8.26. The fourth-order valence-electron chi connectivity index (χ4n) is 2.41. The lowest BCUT2D eigenvalue weighted by Crippen LogP contribution is -2.45. The highest BCUT2D eigenvalue weighted by Crippen LogP contribution is 2.08. The van der Waals surface area contributed by atoms with Crippen LogP contribution in [0.1, 0.15) is 71.1 Å². The van der Waals surface area contributed by atoms with E-state index >= 15 is 0 Å². The van der Waals surface area contributed by atoms with E-state index < -0.39 is 0 Å². The summed E-state index contributed by atoms with van der Waals surface area (Å²) >= 11 is 0. The van der Waals surface area contributed by atoms with Crippen molar-refractivity contribution in [3.63, 3.8) is 0 Å². The lowest BCUT2D eigenvalue weighted by atomic mass is 10.1. The molecule has 1 rings (SSSR count). The van der Waals surface area contributed by atoms with Crippen molar-refractivity contribution >= 4 is 11.8 Å². The van der Waals surface area contributed by atoms with Crippen LogP contribution < -0.4 is 10.6 Å². The first kappa shape index (κ1) is 16.0. The molecule has 1 saturated heterocycles. The second kappa shape index (κ2) is 9.82. The van der Waals surface area contributed by atoms with Crippen molar-refractivity contribution in [2.24, 2.45) is 0 Å². The maximum Gasteiger partial charge on any atom is 0.242 e. The molecule has 2 N–H and O–H groups in total. The minimum absolute atomic E-state index is 0.0196. The molecule has 0 bridgehead atoms. The van der Waals surface area contributed by atoms with Crippen LogP contribution in [-0.4, -0.2) is 24.4 Å². The zero-order valence-corrected chi connectivity index (χ0v) is 12.2. The fourth-order valence-corrected chi connectivity index (χ4v) is 2.41. The largest absolute Gasteiger partial charge is 0.354 e. The smallest absolute Gasteiger partial charge is 0.242 e. The minimum Gasteiger partial charge on any atom is -0.354 e. The lowest BCUT2D eigenvalue weighted by molar-refractivity contribution is -0.128. The second-order valence-corrected chi connectivity index (χ2v) is 5.42. The van der Waals surface area contributed by atoms with Gasteiger partial charge in [0.2, 0.25) is 11.8 Å². The van der Waals surface area contributed by atoms with Crippen LogP contribution in [0.25, 0.3) is 0 Å². The molecule has 1 fully saturated rings. The molecule has 2 amide bonds. The predicted molar refractivity (Wildman–Crippen MR) is 76.8 cm³/mol. The van der Waals surface area contributed by atoms with Gasteiger partial charge in [-0.1, -0.05) is 39.0 Å². The van der Waals surface area contributed by atoms with E-state index in [9.17, 15) is 9.59 Å². The molecule has 4 nitrogen and oxygen atoms in total. The lowest BCUT2D eigenvalue weighted by Gasteiger charge is -2.15. The number of rotatable bonds is 8. The van der Waals surface area contributed by atoms with Gasteiger partial charge in [-0.2, -0.15) is 0 Å². The average molecular weight is 268 g/mol. The van der Waals surface area contributed by atoms with Gasteiger partial charge in [0.05, 0.1) is 0 Å². The third kappa shape index (κ3) is 7.19. The third-order valence-corrected chi connectivity index (χ3v) is 3.63. The number of unbranched alkanes of at least 4 members (excludes halogenated alkanes) is 5. The molecule has 1 aliphatic heterocycles. The van der Waals surface area contributed by atoms with E-state index in [0.717, 1.165) is 38.6 Å². The minimum atomic E-state index is -0.310. The Bertz CT molecular complexity index is 279. The summed E-state index contributed by atoms with van der Waals surface area (Å²) in [7, 11) is 0. The Labute approximate surface area is 116 Å². The maximum absolute atomic E-state index is 11.8. The molecule has 0 aromatic heterocycles. The topological polar surface area (TPSA) is 58.2 Å². The highest BCUT2D eigenvalue weighted by molar-refractivity contribution is 5.87. The molecule has 0 aromatic rings. The molecule has 110 valence electrons. The van der Waals surface area contributed by atoms with Crippen LogP contribution in [0, 0.1) is 0 Å². The van der Waals surface area contributed by atoms with Gasteiger partial charge in [0, 0.05) is 13.0 Å². The predicted octanol–water partition coefficient (Wildman–Crippen LogP) is 2.52. The molecule has 0 aromatic carbocycles. The Balaban J connectivity index is 2.10. The van der Waals surface area contributed by atoms with Gasteiger partial charge in [0.15, 0.2) is 0 Å². The van der Waals surface area contributed by atoms with Crippen LogP contribution >= 0.6 is 0 Å². The molecule has 0 aliphatic carbocycles. The van der Waals surface area contributed by atoms with Crippen molar-refractivity contribution in [3.05, 3.63) is 0 Å². The Morgan fingerprint density at radius 3 is 2.74 bits per heavy atom. The molecular weight excluding hydrogens is 240 g/mol. The van der Waals surface area contributed by atoms with Crippen LogP contribution in [-0.2, 0) is 9.59 Å². The van der Waals surface area contributed by atoms with Gasteiger partial charge < -0.3 is 10.6 Å². The molecule has 1 heterocycles. The highest BCUT2D eigenvalue weighted by Gasteiger charge is 2.21. The standard InChI is InChI=1S/C15H28N2O2/c1-2-3-4-5-6-7-11-14(18)17-13-10-8-9-12-16-15(13)19/h13H,2-12H2,1H3,(H,16,19)(H,17,18). The van der Waals surface area contributed by atoms with Crippen LogP contribution in [0.15, 0.2) is 0 Å². The summed E-state index contributed by atoms with van der Waals surface area (Å²) < 4.78 is 0. The molecule has 1 atom stereocenters. The number of nitrogens with one attached hydrogen (secondary N) is 2. The Morgan fingerprint density at radius 2 is 1.95 bits per heavy atom. The van der Waals surface area contributed by atoms with E-state index in [4.69, 9.17) is 0 Å². The van der Waals surface area contributed by atoms with Gasteiger partial charge in [0.25, 0.3) is 0 Å². The van der Waals surface area contributed by atoms with Gasteiger partial charge in [-0.25, -0.2) is 0 Å². The van der Waals surface area contributed by atoms with Crippen LogP contribution in [0.4, 0.5) is 0 Å². The summed E-state index contributed by atoms with van der Waals surface area (Å²) in [5.74, 6) is 0.00587. The van der Waals surface area contributed by atoms with E-state index in [0.29, 0.717) is 6.42 Å². The summed E-state index contributed by atoms with van der Waals surface area (Å²) in [6.45, 7) is 2.94. The SMILES string of the molecule is CCCCCCCCC(=O)NC1CCCCNC1=O. The van der Waals surface area contributed by atoms with Gasteiger partial charge in [-0.3, -0.25) is 9.59 Å². The van der Waals surface area contributed by atoms with Crippen molar-refractivity contribution in [1.29, 1.82) is 0 Å². The van der Waals surface area contributed by atoms with Crippen molar-refractivity contribution < 1.29 is 9.59 Å². The number of carbonyl (C=O) groups excluding carboxylic acids is 2. The zero-order chi connectivity index (χ0) is 13.9. The normalized spacial score (nSPS) is 19.6. The molecule has 0 radical (unpaired) electrons. The first-order valence-electron chi connectivity index (χ1n) is 7.81. The Morgan fingerprint density at radius 1 is 1.21 bits per heavy atom. The number of amides is 2. The quantitative estimate of drug-likeness (QED) is 0.665. The van der Waals surface area contributed by atoms with E-state index in [1.165, 1.54) is 25.7 Å². The van der Waals surface area contributed by atoms with Crippen LogP contribution in [0.5, 0.6) is 0 Å². The first-order chi connectivity index (χ1) is 9.24. The van der Waals surface area contributed by atoms with Crippen LogP contribution in [0.3, 0.4) is 0 Å². The Hall–Kier alpha value is -1.06. The van der Waals surface area contributed by atoms with Crippen molar-refractivity contribution in [1.82, 2.24) is 10.6 Å². The summed E-state index contributed by atoms with van der Waals surface area (Å²) in [6, 6.07) is -0.310. The monoisotopic (exact) mass is 268 g/mol. The van der Waals surface area contributed by atoms with Gasteiger partial charge >= 0.3 is 0 Å². The second-order valence-electron chi connectivity index (χ2n) is 5.42. The number of hydrogen-bond acceptors (Lipinski definition) is 2.